The van der Waals surface area contributed by atoms with Crippen molar-refractivity contribution in [2.45, 2.75) is 32.8 Å². The van der Waals surface area contributed by atoms with Gasteiger partial charge >= 0.3 is 0 Å². The summed E-state index contributed by atoms with van der Waals surface area (Å²) in [5.74, 6) is 2.39. The first kappa shape index (κ1) is 18.9. The highest BCUT2D eigenvalue weighted by molar-refractivity contribution is 5.64. The van der Waals surface area contributed by atoms with Gasteiger partial charge in [0.05, 0.1) is 30.7 Å². The molecule has 2 aromatic heterocycles. The number of nitrogens with zero attached hydrogens (tertiary/aromatic N) is 4. The molecule has 0 spiro atoms. The lowest BCUT2D eigenvalue weighted by molar-refractivity contribution is 0.122. The second-order valence-corrected chi connectivity index (χ2v) is 7.30. The topological polar surface area (TPSA) is 84.4 Å². The zero-order chi connectivity index (χ0) is 19.3. The van der Waals surface area contributed by atoms with Gasteiger partial charge in [-0.05, 0) is 51.4 Å². The second kappa shape index (κ2) is 8.70. The number of aromatic nitrogens is 3. The largest absolute Gasteiger partial charge is 0.474 e. The van der Waals surface area contributed by atoms with Gasteiger partial charge in [-0.15, -0.1) is 0 Å². The highest BCUT2D eigenvalue weighted by atomic mass is 16.5. The van der Waals surface area contributed by atoms with Crippen LogP contribution in [-0.2, 0) is 4.74 Å². The number of morpholine rings is 1. The van der Waals surface area contributed by atoms with E-state index < -0.39 is 0 Å². The fraction of sp³-hybridized carbons (Fsp3) is 0.550. The number of piperidine rings is 1. The van der Waals surface area contributed by atoms with Crippen molar-refractivity contribution in [3.63, 3.8) is 0 Å². The molecule has 0 aliphatic carbocycles. The van der Waals surface area contributed by atoms with Crippen molar-refractivity contribution in [2.75, 3.05) is 49.6 Å². The number of aryl methyl sites for hydroxylation is 1. The minimum Gasteiger partial charge on any atom is -0.474 e. The monoisotopic (exact) mass is 384 g/mol. The minimum atomic E-state index is 0.207. The molecule has 0 amide bonds. The van der Waals surface area contributed by atoms with E-state index in [1.54, 1.807) is 6.33 Å². The fourth-order valence-corrected chi connectivity index (χ4v) is 3.51. The van der Waals surface area contributed by atoms with Gasteiger partial charge in [0.1, 0.15) is 24.1 Å². The molecule has 2 N–H and O–H groups in total. The van der Waals surface area contributed by atoms with E-state index in [-0.39, 0.29) is 6.10 Å². The predicted molar refractivity (Wildman–Crippen MR) is 109 cm³/mol. The van der Waals surface area contributed by atoms with Crippen molar-refractivity contribution in [3.8, 4) is 5.88 Å². The number of pyridine rings is 1. The van der Waals surface area contributed by atoms with E-state index >= 15 is 0 Å². The zero-order valence-electron chi connectivity index (χ0n) is 16.6. The molecule has 0 radical (unpaired) electrons. The molecular weight excluding hydrogens is 356 g/mol. The Bertz CT molecular complexity index is 803. The van der Waals surface area contributed by atoms with Crippen LogP contribution in [0.15, 0.2) is 18.6 Å². The van der Waals surface area contributed by atoms with Gasteiger partial charge in [-0.25, -0.2) is 15.0 Å². The average molecular weight is 384 g/mol. The quantitative estimate of drug-likeness (QED) is 0.812. The van der Waals surface area contributed by atoms with E-state index in [0.29, 0.717) is 5.88 Å². The summed E-state index contributed by atoms with van der Waals surface area (Å²) >= 11 is 0. The maximum atomic E-state index is 6.13. The van der Waals surface area contributed by atoms with Gasteiger partial charge in [0.25, 0.3) is 0 Å². The average Bonchev–Trinajstić information content (AvgIpc) is 2.74. The first-order chi connectivity index (χ1) is 13.7. The Balaban J connectivity index is 1.48. The standard InChI is InChI=1S/C20H28N6O2/c1-14-11-18(26-7-9-27-10-8-26)22-12-17(14)25-19-15(2)20(24-13-23-19)28-16-3-5-21-6-4-16/h11-13,16,21H,3-10H2,1-2H3,(H,23,24,25). The Morgan fingerprint density at radius 1 is 1.14 bits per heavy atom. The highest BCUT2D eigenvalue weighted by Crippen LogP contribution is 2.28. The van der Waals surface area contributed by atoms with Crippen LogP contribution in [0, 0.1) is 13.8 Å². The molecule has 2 fully saturated rings. The van der Waals surface area contributed by atoms with Crippen molar-refractivity contribution >= 4 is 17.3 Å². The maximum absolute atomic E-state index is 6.13. The van der Waals surface area contributed by atoms with Crippen LogP contribution < -0.4 is 20.3 Å². The van der Waals surface area contributed by atoms with Crippen LogP contribution in [0.3, 0.4) is 0 Å². The second-order valence-electron chi connectivity index (χ2n) is 7.30. The lowest BCUT2D eigenvalue weighted by Crippen LogP contribution is -2.36. The summed E-state index contributed by atoms with van der Waals surface area (Å²) in [4.78, 5) is 15.6. The van der Waals surface area contributed by atoms with Crippen LogP contribution in [0.25, 0.3) is 0 Å². The fourth-order valence-electron chi connectivity index (χ4n) is 3.51. The SMILES string of the molecule is Cc1cc(N2CCOCC2)ncc1Nc1ncnc(OC2CCNCC2)c1C. The molecule has 2 aliphatic rings. The summed E-state index contributed by atoms with van der Waals surface area (Å²) in [6.07, 6.45) is 5.63. The molecule has 8 nitrogen and oxygen atoms in total. The maximum Gasteiger partial charge on any atom is 0.221 e. The van der Waals surface area contributed by atoms with Crippen LogP contribution in [0.4, 0.5) is 17.3 Å². The summed E-state index contributed by atoms with van der Waals surface area (Å²) in [6.45, 7) is 9.30. The summed E-state index contributed by atoms with van der Waals surface area (Å²) in [6, 6.07) is 2.11. The summed E-state index contributed by atoms with van der Waals surface area (Å²) in [5, 5.41) is 6.75. The Hall–Kier alpha value is -2.45. The van der Waals surface area contributed by atoms with E-state index in [1.807, 2.05) is 13.1 Å². The Morgan fingerprint density at radius 3 is 2.68 bits per heavy atom. The molecular formula is C20H28N6O2. The Labute approximate surface area is 165 Å². The lowest BCUT2D eigenvalue weighted by Gasteiger charge is -2.28. The van der Waals surface area contributed by atoms with E-state index in [1.165, 1.54) is 0 Å². The van der Waals surface area contributed by atoms with E-state index in [4.69, 9.17) is 9.47 Å². The molecule has 2 aliphatic heterocycles. The third-order valence-corrected chi connectivity index (χ3v) is 5.29. The van der Waals surface area contributed by atoms with Crippen molar-refractivity contribution in [2.24, 2.45) is 0 Å². The van der Waals surface area contributed by atoms with Crippen LogP contribution in [0.2, 0.25) is 0 Å². The van der Waals surface area contributed by atoms with Crippen molar-refractivity contribution in [1.82, 2.24) is 20.3 Å². The molecule has 4 heterocycles. The molecule has 0 saturated carbocycles. The van der Waals surface area contributed by atoms with E-state index in [2.05, 4.69) is 43.5 Å². The summed E-state index contributed by atoms with van der Waals surface area (Å²) in [5.41, 5.74) is 2.97. The van der Waals surface area contributed by atoms with Crippen LogP contribution in [0.5, 0.6) is 5.88 Å². The van der Waals surface area contributed by atoms with Crippen molar-refractivity contribution in [1.29, 1.82) is 0 Å². The molecule has 0 unspecified atom stereocenters. The van der Waals surface area contributed by atoms with Crippen LogP contribution >= 0.6 is 0 Å². The number of hydrogen-bond acceptors (Lipinski definition) is 8. The lowest BCUT2D eigenvalue weighted by atomic mass is 10.1. The number of hydrogen-bond donors (Lipinski definition) is 2. The van der Waals surface area contributed by atoms with Crippen LogP contribution in [0.1, 0.15) is 24.0 Å². The molecule has 2 saturated heterocycles. The number of rotatable bonds is 5. The zero-order valence-corrected chi connectivity index (χ0v) is 16.6. The third-order valence-electron chi connectivity index (χ3n) is 5.29. The van der Waals surface area contributed by atoms with Gasteiger partial charge < -0.3 is 25.0 Å². The molecule has 0 bridgehead atoms. The van der Waals surface area contributed by atoms with Gasteiger partial charge in [0.15, 0.2) is 0 Å². The number of ether oxygens (including phenoxy) is 2. The molecule has 0 atom stereocenters. The molecule has 2 aromatic rings. The summed E-state index contributed by atoms with van der Waals surface area (Å²) in [7, 11) is 0. The number of anilines is 3. The molecule has 28 heavy (non-hydrogen) atoms. The van der Waals surface area contributed by atoms with Crippen molar-refractivity contribution < 1.29 is 9.47 Å². The van der Waals surface area contributed by atoms with Gasteiger partial charge in [0, 0.05) is 13.1 Å². The predicted octanol–water partition coefficient (Wildman–Crippen LogP) is 2.20. The van der Waals surface area contributed by atoms with Gasteiger partial charge in [-0.2, -0.15) is 0 Å². The molecule has 8 heteroatoms. The van der Waals surface area contributed by atoms with Crippen LogP contribution in [-0.4, -0.2) is 60.4 Å². The molecule has 150 valence electrons. The van der Waals surface area contributed by atoms with Gasteiger partial charge in [-0.1, -0.05) is 0 Å². The first-order valence-corrected chi connectivity index (χ1v) is 9.96. The Morgan fingerprint density at radius 2 is 1.93 bits per heavy atom. The van der Waals surface area contributed by atoms with E-state index in [0.717, 1.165) is 80.7 Å². The first-order valence-electron chi connectivity index (χ1n) is 9.96. The minimum absolute atomic E-state index is 0.207. The highest BCUT2D eigenvalue weighted by Gasteiger charge is 2.18. The van der Waals surface area contributed by atoms with Gasteiger partial charge in [-0.3, -0.25) is 0 Å². The normalized spacial score (nSPS) is 18.1. The summed E-state index contributed by atoms with van der Waals surface area (Å²) < 4.78 is 11.5. The Kier molecular flexibility index (Phi) is 5.87. The van der Waals surface area contributed by atoms with E-state index in [9.17, 15) is 0 Å². The smallest absolute Gasteiger partial charge is 0.221 e. The molecule has 4 rings (SSSR count). The number of nitrogens with one attached hydrogen (secondary N) is 2. The van der Waals surface area contributed by atoms with Gasteiger partial charge in [0.2, 0.25) is 5.88 Å². The third kappa shape index (κ3) is 4.34. The van der Waals surface area contributed by atoms with Crippen molar-refractivity contribution in [3.05, 3.63) is 29.7 Å². The molecule has 0 aromatic carbocycles.